The van der Waals surface area contributed by atoms with Gasteiger partial charge in [0, 0.05) is 39.3 Å². The molecule has 0 atom stereocenters. The zero-order valence-electron chi connectivity index (χ0n) is 21.9. The van der Waals surface area contributed by atoms with Gasteiger partial charge in [-0.05, 0) is 23.6 Å². The zero-order chi connectivity index (χ0) is 27.4. The van der Waals surface area contributed by atoms with E-state index in [1.54, 1.807) is 12.4 Å². The molecule has 0 saturated heterocycles. The number of hydrogen-bond donors (Lipinski definition) is 0. The molecule has 41 heavy (non-hydrogen) atoms. The third kappa shape index (κ3) is 3.63. The molecule has 0 aliphatic rings. The number of fused-ring (bicyclic) bond motifs is 8. The number of benzene rings is 5. The molecule has 194 valence electrons. The highest BCUT2D eigenvalue weighted by Crippen LogP contribution is 2.42. The molecule has 3 heterocycles. The molecule has 0 spiro atoms. The maximum absolute atomic E-state index is 14.7. The molecule has 0 amide bonds. The van der Waals surface area contributed by atoms with Crippen molar-refractivity contribution in [3.8, 4) is 11.4 Å². The molecule has 0 aliphatic heterocycles. The van der Waals surface area contributed by atoms with Crippen LogP contribution in [0.3, 0.4) is 0 Å². The number of pyridine rings is 1. The normalized spacial score (nSPS) is 12.0. The molecule has 0 aliphatic carbocycles. The lowest BCUT2D eigenvalue weighted by Crippen LogP contribution is -2.25. The molecule has 8 aromatic rings. The SMILES string of the molecule is O=P(c1ccccc1)(c1ccccc1)c1cnc(-c2ccc3c4ccccc4c4nc5ccccc5n4c3c2)nc1. The molecule has 6 heteroatoms. The molecule has 0 N–H and O–H groups in total. The Morgan fingerprint density at radius 3 is 1.85 bits per heavy atom. The summed E-state index contributed by atoms with van der Waals surface area (Å²) in [5.74, 6) is 0.578. The highest BCUT2D eigenvalue weighted by atomic mass is 31.2. The maximum Gasteiger partial charge on any atom is 0.174 e. The summed E-state index contributed by atoms with van der Waals surface area (Å²) in [6, 6.07) is 42.1. The maximum atomic E-state index is 14.7. The van der Waals surface area contributed by atoms with Crippen LogP contribution in [0, 0.1) is 0 Å². The second kappa shape index (κ2) is 9.22. The van der Waals surface area contributed by atoms with Gasteiger partial charge in [0.2, 0.25) is 0 Å². The summed E-state index contributed by atoms with van der Waals surface area (Å²) in [5, 5.41) is 5.52. The fourth-order valence-electron chi connectivity index (χ4n) is 5.80. The van der Waals surface area contributed by atoms with Gasteiger partial charge in [-0.3, -0.25) is 4.40 Å². The van der Waals surface area contributed by atoms with Gasteiger partial charge in [0.1, 0.15) is 5.65 Å². The van der Waals surface area contributed by atoms with Crippen LogP contribution in [0.25, 0.3) is 49.7 Å². The average Bonchev–Trinajstić information content (AvgIpc) is 3.45. The number of para-hydroxylation sites is 2. The minimum Gasteiger partial charge on any atom is -0.309 e. The molecule has 0 saturated carbocycles. The van der Waals surface area contributed by atoms with Crippen LogP contribution in [0.5, 0.6) is 0 Å². The Bertz CT molecular complexity index is 2230. The summed E-state index contributed by atoms with van der Waals surface area (Å²) >= 11 is 0. The van der Waals surface area contributed by atoms with Crippen LogP contribution in [0.1, 0.15) is 0 Å². The van der Waals surface area contributed by atoms with Crippen LogP contribution in [-0.4, -0.2) is 19.4 Å². The van der Waals surface area contributed by atoms with E-state index in [-0.39, 0.29) is 0 Å². The van der Waals surface area contributed by atoms with Crippen molar-refractivity contribution in [3.63, 3.8) is 0 Å². The smallest absolute Gasteiger partial charge is 0.174 e. The number of hydrogen-bond acceptors (Lipinski definition) is 4. The first kappa shape index (κ1) is 23.7. The van der Waals surface area contributed by atoms with Crippen molar-refractivity contribution in [2.24, 2.45) is 0 Å². The van der Waals surface area contributed by atoms with Crippen LogP contribution in [0.4, 0.5) is 0 Å². The zero-order valence-corrected chi connectivity index (χ0v) is 22.8. The number of nitrogens with zero attached hydrogens (tertiary/aromatic N) is 4. The summed E-state index contributed by atoms with van der Waals surface area (Å²) in [6.45, 7) is 0. The summed E-state index contributed by atoms with van der Waals surface area (Å²) in [6.07, 6.45) is 3.44. The van der Waals surface area contributed by atoms with E-state index >= 15 is 0 Å². The molecule has 3 aromatic heterocycles. The Kier molecular flexibility index (Phi) is 5.34. The summed E-state index contributed by atoms with van der Waals surface area (Å²) < 4.78 is 16.9. The first-order chi connectivity index (χ1) is 20.2. The van der Waals surface area contributed by atoms with Gasteiger partial charge in [0.15, 0.2) is 13.0 Å². The quantitative estimate of drug-likeness (QED) is 0.178. The molecular formula is C35H23N4OP. The number of aromatic nitrogens is 4. The highest BCUT2D eigenvalue weighted by molar-refractivity contribution is 7.85. The van der Waals surface area contributed by atoms with Gasteiger partial charge in [-0.15, -0.1) is 0 Å². The van der Waals surface area contributed by atoms with E-state index in [1.807, 2.05) is 78.9 Å². The monoisotopic (exact) mass is 546 g/mol. The summed E-state index contributed by atoms with van der Waals surface area (Å²) in [5.41, 5.74) is 4.85. The molecule has 0 bridgehead atoms. The third-order valence-electron chi connectivity index (χ3n) is 7.76. The Labute approximate surface area is 236 Å². The largest absolute Gasteiger partial charge is 0.309 e. The molecule has 5 nitrogen and oxygen atoms in total. The fourth-order valence-corrected chi connectivity index (χ4v) is 8.32. The van der Waals surface area contributed by atoms with Crippen molar-refractivity contribution in [2.45, 2.75) is 0 Å². The van der Waals surface area contributed by atoms with Crippen molar-refractivity contribution in [2.75, 3.05) is 0 Å². The van der Waals surface area contributed by atoms with Gasteiger partial charge in [-0.2, -0.15) is 0 Å². The predicted octanol–water partition coefficient (Wildman–Crippen LogP) is 6.89. The van der Waals surface area contributed by atoms with Crippen LogP contribution < -0.4 is 15.9 Å². The summed E-state index contributed by atoms with van der Waals surface area (Å²) in [4.78, 5) is 14.5. The first-order valence-corrected chi connectivity index (χ1v) is 15.2. The predicted molar refractivity (Wildman–Crippen MR) is 168 cm³/mol. The van der Waals surface area contributed by atoms with E-state index in [0.717, 1.165) is 54.5 Å². The van der Waals surface area contributed by atoms with E-state index in [9.17, 15) is 4.57 Å². The average molecular weight is 547 g/mol. The van der Waals surface area contributed by atoms with Crippen molar-refractivity contribution in [3.05, 3.63) is 140 Å². The molecule has 0 unspecified atom stereocenters. The van der Waals surface area contributed by atoms with Gasteiger partial charge in [-0.25, -0.2) is 15.0 Å². The van der Waals surface area contributed by atoms with E-state index < -0.39 is 7.14 Å². The Hall–Kier alpha value is -5.12. The molecule has 8 rings (SSSR count). The number of imidazole rings is 1. The van der Waals surface area contributed by atoms with Gasteiger partial charge < -0.3 is 4.57 Å². The number of rotatable bonds is 4. The van der Waals surface area contributed by atoms with Crippen LogP contribution in [-0.2, 0) is 4.57 Å². The summed E-state index contributed by atoms with van der Waals surface area (Å²) in [7, 11) is -3.14. The molecular weight excluding hydrogens is 523 g/mol. The standard InChI is InChI=1S/C35H23N4OP/c40-41(25-11-3-1-4-12-25,26-13-5-2-6-14-26)27-22-36-34(37-23-27)24-19-20-29-28-15-7-8-16-30(28)35-38-31-17-9-10-18-32(31)39(35)33(29)21-24/h1-23H. The molecule has 0 radical (unpaired) electrons. The van der Waals surface area contributed by atoms with Crippen molar-refractivity contribution in [1.82, 2.24) is 19.4 Å². The van der Waals surface area contributed by atoms with Gasteiger partial charge in [0.25, 0.3) is 0 Å². The van der Waals surface area contributed by atoms with E-state index in [1.165, 1.54) is 0 Å². The minimum atomic E-state index is -3.14. The Morgan fingerprint density at radius 2 is 1.15 bits per heavy atom. The van der Waals surface area contributed by atoms with Crippen molar-refractivity contribution in [1.29, 1.82) is 0 Å². The van der Waals surface area contributed by atoms with E-state index in [4.69, 9.17) is 15.0 Å². The molecule has 5 aromatic carbocycles. The van der Waals surface area contributed by atoms with E-state index in [2.05, 4.69) is 52.9 Å². The van der Waals surface area contributed by atoms with Crippen LogP contribution in [0.15, 0.2) is 140 Å². The second-order valence-electron chi connectivity index (χ2n) is 10.1. The van der Waals surface area contributed by atoms with Crippen molar-refractivity contribution >= 4 is 61.4 Å². The van der Waals surface area contributed by atoms with Gasteiger partial charge in [0.05, 0.1) is 21.9 Å². The van der Waals surface area contributed by atoms with Crippen LogP contribution in [0.2, 0.25) is 0 Å². The van der Waals surface area contributed by atoms with E-state index in [0.29, 0.717) is 11.1 Å². The highest BCUT2D eigenvalue weighted by Gasteiger charge is 2.30. The lowest BCUT2D eigenvalue weighted by Gasteiger charge is -2.19. The lowest BCUT2D eigenvalue weighted by molar-refractivity contribution is 0.592. The van der Waals surface area contributed by atoms with Crippen molar-refractivity contribution < 1.29 is 4.57 Å². The lowest BCUT2D eigenvalue weighted by atomic mass is 10.0. The van der Waals surface area contributed by atoms with Crippen LogP contribution >= 0.6 is 7.14 Å². The molecule has 0 fully saturated rings. The Morgan fingerprint density at radius 1 is 0.537 bits per heavy atom. The first-order valence-electron chi connectivity index (χ1n) is 13.5. The Balaban J connectivity index is 1.32. The third-order valence-corrected chi connectivity index (χ3v) is 10.8. The fraction of sp³-hybridized carbons (Fsp3) is 0. The van der Waals surface area contributed by atoms with Gasteiger partial charge in [-0.1, -0.05) is 109 Å². The topological polar surface area (TPSA) is 60.2 Å². The second-order valence-corrected chi connectivity index (χ2v) is 12.9. The van der Waals surface area contributed by atoms with Gasteiger partial charge >= 0.3 is 0 Å². The minimum absolute atomic E-state index is 0.578.